The Kier molecular flexibility index (Phi) is 4.46. The van der Waals surface area contributed by atoms with Crippen LogP contribution in [0.15, 0.2) is 12.4 Å². The predicted molar refractivity (Wildman–Crippen MR) is 79.9 cm³/mol. The smallest absolute Gasteiger partial charge is 0.248 e. The number of hydrogen-bond donors (Lipinski definition) is 2. The first-order valence-electron chi connectivity index (χ1n) is 7.84. The maximum absolute atomic E-state index is 12.1. The maximum atomic E-state index is 12.1. The number of likely N-dealkylation sites (tertiary alicyclic amines) is 2. The third-order valence-electron chi connectivity index (χ3n) is 4.86. The van der Waals surface area contributed by atoms with Gasteiger partial charge >= 0.3 is 0 Å². The summed E-state index contributed by atoms with van der Waals surface area (Å²) in [4.78, 5) is 23.7. The van der Waals surface area contributed by atoms with Crippen LogP contribution in [0.1, 0.15) is 12.7 Å². The highest BCUT2D eigenvalue weighted by Crippen LogP contribution is 2.42. The lowest BCUT2D eigenvalue weighted by atomic mass is 9.82. The molecule has 0 radical (unpaired) electrons. The Morgan fingerprint density at radius 2 is 2.41 bits per heavy atom. The van der Waals surface area contributed by atoms with E-state index in [0.717, 1.165) is 25.5 Å². The van der Waals surface area contributed by atoms with Gasteiger partial charge in [0.1, 0.15) is 12.4 Å². The number of aliphatic hydroxyl groups is 1. The van der Waals surface area contributed by atoms with Gasteiger partial charge in [0.25, 0.3) is 0 Å². The van der Waals surface area contributed by atoms with Crippen molar-refractivity contribution in [2.24, 2.45) is 11.3 Å². The van der Waals surface area contributed by atoms with Crippen molar-refractivity contribution in [2.75, 3.05) is 46.0 Å². The van der Waals surface area contributed by atoms with Crippen LogP contribution in [0.4, 0.5) is 0 Å². The van der Waals surface area contributed by atoms with E-state index in [-0.39, 0.29) is 24.5 Å². The molecule has 2 saturated heterocycles. The number of hydrogen-bond acceptors (Lipinski definition) is 5. The second-order valence-electron chi connectivity index (χ2n) is 6.33. The van der Waals surface area contributed by atoms with Crippen molar-refractivity contribution in [2.45, 2.75) is 13.5 Å². The van der Waals surface area contributed by atoms with Crippen LogP contribution in [0.5, 0.6) is 0 Å². The summed E-state index contributed by atoms with van der Waals surface area (Å²) in [7, 11) is 0. The molecule has 0 unspecified atom stereocenters. The molecule has 1 amide bonds. The van der Waals surface area contributed by atoms with E-state index < -0.39 is 0 Å². The van der Waals surface area contributed by atoms with E-state index >= 15 is 0 Å². The van der Waals surface area contributed by atoms with E-state index in [1.54, 1.807) is 6.20 Å². The van der Waals surface area contributed by atoms with Crippen LogP contribution in [0, 0.1) is 11.3 Å². The number of aromatic nitrogens is 2. The predicted octanol–water partition coefficient (Wildman–Crippen LogP) is -0.301. The van der Waals surface area contributed by atoms with E-state index in [1.165, 1.54) is 0 Å². The molecule has 0 aromatic carbocycles. The van der Waals surface area contributed by atoms with Gasteiger partial charge in [-0.25, -0.2) is 4.98 Å². The Balaban J connectivity index is 1.61. The molecule has 22 heavy (non-hydrogen) atoms. The number of nitrogens with zero attached hydrogens (tertiary/aromatic N) is 3. The molecule has 1 aromatic heterocycles. The van der Waals surface area contributed by atoms with Gasteiger partial charge in [-0.05, 0) is 12.8 Å². The minimum Gasteiger partial charge on any atom is -0.396 e. The van der Waals surface area contributed by atoms with Gasteiger partial charge in [0.05, 0.1) is 13.2 Å². The van der Waals surface area contributed by atoms with E-state index in [0.29, 0.717) is 25.6 Å². The van der Waals surface area contributed by atoms with Crippen LogP contribution in [0.2, 0.25) is 0 Å². The Hall–Kier alpha value is -1.44. The summed E-state index contributed by atoms with van der Waals surface area (Å²) >= 11 is 0. The molecule has 2 aliphatic rings. The quantitative estimate of drug-likeness (QED) is 0.754. The molecule has 7 nitrogen and oxygen atoms in total. The number of carbonyl (C=O) groups excluding carboxylic acids is 1. The van der Waals surface area contributed by atoms with Gasteiger partial charge in [-0.2, -0.15) is 0 Å². The van der Waals surface area contributed by atoms with Gasteiger partial charge in [0.15, 0.2) is 0 Å². The molecule has 2 N–H and O–H groups in total. The maximum Gasteiger partial charge on any atom is 0.248 e. The Morgan fingerprint density at radius 3 is 3.05 bits per heavy atom. The molecule has 0 bridgehead atoms. The number of amides is 1. The minimum atomic E-state index is -0.200. The van der Waals surface area contributed by atoms with Crippen molar-refractivity contribution in [3.8, 4) is 0 Å². The van der Waals surface area contributed by atoms with Crippen molar-refractivity contribution >= 4 is 5.91 Å². The lowest BCUT2D eigenvalue weighted by molar-refractivity contribution is -0.135. The molecule has 122 valence electrons. The fraction of sp³-hybridized carbons (Fsp3) is 0.733. The Labute approximate surface area is 130 Å². The van der Waals surface area contributed by atoms with E-state index in [4.69, 9.17) is 4.74 Å². The van der Waals surface area contributed by atoms with E-state index in [1.807, 2.05) is 18.0 Å². The second kappa shape index (κ2) is 6.36. The number of H-pyrrole nitrogens is 1. The molecule has 0 spiro atoms. The van der Waals surface area contributed by atoms with Crippen molar-refractivity contribution in [3.05, 3.63) is 18.2 Å². The summed E-state index contributed by atoms with van der Waals surface area (Å²) in [6.07, 6.45) is 3.57. The van der Waals surface area contributed by atoms with E-state index in [2.05, 4.69) is 14.9 Å². The summed E-state index contributed by atoms with van der Waals surface area (Å²) in [6.45, 7) is 6.46. The number of aromatic amines is 1. The molecule has 0 saturated carbocycles. The second-order valence-corrected chi connectivity index (χ2v) is 6.33. The summed E-state index contributed by atoms with van der Waals surface area (Å²) in [5, 5.41) is 9.93. The van der Waals surface area contributed by atoms with Gasteiger partial charge in [0, 0.05) is 50.6 Å². The third kappa shape index (κ3) is 2.88. The lowest BCUT2D eigenvalue weighted by Gasteiger charge is -2.27. The number of nitrogens with one attached hydrogen (secondary N) is 1. The highest BCUT2D eigenvalue weighted by molar-refractivity contribution is 5.78. The van der Waals surface area contributed by atoms with Crippen LogP contribution < -0.4 is 0 Å². The third-order valence-corrected chi connectivity index (χ3v) is 4.86. The van der Waals surface area contributed by atoms with Crippen molar-refractivity contribution in [3.63, 3.8) is 0 Å². The minimum absolute atomic E-state index is 0.0293. The number of imidazole rings is 1. The summed E-state index contributed by atoms with van der Waals surface area (Å²) in [5.41, 5.74) is -0.200. The fourth-order valence-electron chi connectivity index (χ4n) is 3.70. The zero-order valence-electron chi connectivity index (χ0n) is 13.0. The van der Waals surface area contributed by atoms with Crippen LogP contribution >= 0.6 is 0 Å². The zero-order chi connectivity index (χ0) is 15.6. The van der Waals surface area contributed by atoms with Gasteiger partial charge in [-0.1, -0.05) is 0 Å². The Morgan fingerprint density at radius 1 is 1.55 bits per heavy atom. The van der Waals surface area contributed by atoms with Crippen molar-refractivity contribution in [1.29, 1.82) is 0 Å². The monoisotopic (exact) mass is 308 g/mol. The highest BCUT2D eigenvalue weighted by atomic mass is 16.5. The Bertz CT molecular complexity index is 507. The van der Waals surface area contributed by atoms with Crippen LogP contribution in [-0.4, -0.2) is 76.8 Å². The molecule has 2 atom stereocenters. The number of ether oxygens (including phenoxy) is 1. The lowest BCUT2D eigenvalue weighted by Crippen LogP contribution is -2.40. The number of carbonyl (C=O) groups is 1. The highest BCUT2D eigenvalue weighted by Gasteiger charge is 2.53. The molecule has 1 aromatic rings. The topological polar surface area (TPSA) is 81.7 Å². The standard InChI is InChI=1S/C15H24N4O3/c1-2-22-8-14(21)19-6-12-5-18(7-13-16-3-4-17-13)9-15(12,10-19)11-20/h3-4,12,20H,2,5-11H2,1H3,(H,16,17)/t12-,15+/m0/s1. The van der Waals surface area contributed by atoms with Crippen LogP contribution in [-0.2, 0) is 16.1 Å². The molecule has 7 heteroatoms. The van der Waals surface area contributed by atoms with E-state index in [9.17, 15) is 9.90 Å². The van der Waals surface area contributed by atoms with Gasteiger partial charge in [-0.3, -0.25) is 9.69 Å². The molecular formula is C15H24N4O3. The molecule has 3 rings (SSSR count). The van der Waals surface area contributed by atoms with Gasteiger partial charge < -0.3 is 19.7 Å². The molecule has 0 aliphatic carbocycles. The SMILES string of the molecule is CCOCC(=O)N1C[C@@H]2CN(Cc3ncc[nH]3)C[C@]2(CO)C1. The average molecular weight is 308 g/mol. The summed E-state index contributed by atoms with van der Waals surface area (Å²) < 4.78 is 5.21. The van der Waals surface area contributed by atoms with Gasteiger partial charge in [0.2, 0.25) is 5.91 Å². The molecule has 2 fully saturated rings. The molecule has 2 aliphatic heterocycles. The van der Waals surface area contributed by atoms with Crippen LogP contribution in [0.3, 0.4) is 0 Å². The molecular weight excluding hydrogens is 284 g/mol. The fourth-order valence-corrected chi connectivity index (χ4v) is 3.70. The van der Waals surface area contributed by atoms with Crippen molar-refractivity contribution in [1.82, 2.24) is 19.8 Å². The average Bonchev–Trinajstić information content (AvgIpc) is 3.19. The molecule has 3 heterocycles. The first-order chi connectivity index (χ1) is 10.7. The largest absolute Gasteiger partial charge is 0.396 e. The number of aliphatic hydroxyl groups excluding tert-OH is 1. The first kappa shape index (κ1) is 15.5. The summed E-state index contributed by atoms with van der Waals surface area (Å²) in [6, 6.07) is 0. The zero-order valence-corrected chi connectivity index (χ0v) is 13.0. The summed E-state index contributed by atoms with van der Waals surface area (Å²) in [5.74, 6) is 1.29. The van der Waals surface area contributed by atoms with Crippen LogP contribution in [0.25, 0.3) is 0 Å². The van der Waals surface area contributed by atoms with Crippen molar-refractivity contribution < 1.29 is 14.6 Å². The first-order valence-corrected chi connectivity index (χ1v) is 7.84. The number of fused-ring (bicyclic) bond motifs is 1. The normalized spacial score (nSPS) is 28.3. The number of rotatable bonds is 6. The van der Waals surface area contributed by atoms with Gasteiger partial charge in [-0.15, -0.1) is 0 Å².